The molecule has 5 rings (SSSR count). The van der Waals surface area contributed by atoms with Gasteiger partial charge in [0.25, 0.3) is 0 Å². The van der Waals surface area contributed by atoms with Gasteiger partial charge in [0.2, 0.25) is 0 Å². The Morgan fingerprint density at radius 3 is 2.60 bits per heavy atom. The molecule has 5 unspecified atom stereocenters. The van der Waals surface area contributed by atoms with Crippen LogP contribution in [0.15, 0.2) is 48.8 Å². The monoisotopic (exact) mass is 642 g/mol. The second-order valence-electron chi connectivity index (χ2n) is 13.3. The minimum Gasteiger partial charge on any atom is -0.668 e. The SMILES string of the molecule is CCC1CCCCC1CCCC(=O)C(O)C(=O)CCc1cc(OC)c(O)c(C2c3ccnc(N)c3C=CC2(CO)Cc2ccc[n-]2)c1. The summed E-state index contributed by atoms with van der Waals surface area (Å²) in [6, 6.07) is 9.04. The summed E-state index contributed by atoms with van der Waals surface area (Å²) in [7, 11) is 1.45. The lowest BCUT2D eigenvalue weighted by Crippen LogP contribution is -2.37. The molecule has 2 heterocycles. The van der Waals surface area contributed by atoms with Crippen molar-refractivity contribution in [3.8, 4) is 11.5 Å². The predicted octanol–water partition coefficient (Wildman–Crippen LogP) is 5.53. The Morgan fingerprint density at radius 1 is 1.13 bits per heavy atom. The number of aryl methyl sites for hydroxylation is 1. The van der Waals surface area contributed by atoms with Crippen LogP contribution in [0.3, 0.4) is 0 Å². The van der Waals surface area contributed by atoms with Crippen LogP contribution in [0.5, 0.6) is 11.5 Å². The highest BCUT2D eigenvalue weighted by molar-refractivity contribution is 6.05. The highest BCUT2D eigenvalue weighted by Crippen LogP contribution is 2.53. The van der Waals surface area contributed by atoms with E-state index in [9.17, 15) is 24.9 Å². The number of benzene rings is 1. The number of phenolic OH excluding ortho intramolecular Hbond substituents is 1. The fourth-order valence-corrected chi connectivity index (χ4v) is 7.88. The van der Waals surface area contributed by atoms with E-state index in [4.69, 9.17) is 10.5 Å². The number of rotatable bonds is 15. The number of pyridine rings is 1. The Kier molecular flexibility index (Phi) is 11.2. The largest absolute Gasteiger partial charge is 0.668 e. The van der Waals surface area contributed by atoms with Crippen LogP contribution in [0, 0.1) is 17.3 Å². The number of phenols is 1. The van der Waals surface area contributed by atoms with Gasteiger partial charge in [-0.25, -0.2) is 4.98 Å². The standard InChI is InChI=1S/C38H48N3O6/c1-3-25-8-4-5-9-26(25)10-6-12-31(43)36(46)32(44)14-13-24-20-30(35(45)33(21-24)47-2)34-28-16-19-41-37(39)29(28)15-17-38(34,23-42)22-27-11-7-18-40-27/h7,11,15-21,25-26,34,36,42,45-46H,3-6,8-10,12-14,22-23H2,1-2H3,(H2,39,41)/q-1. The zero-order chi connectivity index (χ0) is 33.6. The van der Waals surface area contributed by atoms with Gasteiger partial charge in [-0.2, -0.15) is 11.9 Å². The molecule has 9 nitrogen and oxygen atoms in total. The van der Waals surface area contributed by atoms with E-state index in [-0.39, 0.29) is 37.4 Å². The molecular weight excluding hydrogens is 594 g/mol. The van der Waals surface area contributed by atoms with Gasteiger partial charge in [0.05, 0.1) is 13.7 Å². The number of carbonyl (C=O) groups is 2. The molecule has 47 heavy (non-hydrogen) atoms. The number of nitrogens with two attached hydrogens (primary N) is 1. The molecule has 0 amide bonds. The van der Waals surface area contributed by atoms with Crippen molar-refractivity contribution < 1.29 is 29.6 Å². The summed E-state index contributed by atoms with van der Waals surface area (Å²) in [6.45, 7) is 1.98. The van der Waals surface area contributed by atoms with Crippen LogP contribution >= 0.6 is 0 Å². The third-order valence-corrected chi connectivity index (χ3v) is 10.5. The Hall–Kier alpha value is -3.95. The number of aromatic hydroxyl groups is 1. The minimum absolute atomic E-state index is 0.0542. The highest BCUT2D eigenvalue weighted by atomic mass is 16.5. The quantitative estimate of drug-likeness (QED) is 0.156. The fourth-order valence-electron chi connectivity index (χ4n) is 7.88. The molecule has 1 fully saturated rings. The number of hydrogen-bond acceptors (Lipinski definition) is 8. The second-order valence-corrected chi connectivity index (χ2v) is 13.3. The van der Waals surface area contributed by atoms with Crippen molar-refractivity contribution in [3.63, 3.8) is 0 Å². The van der Waals surface area contributed by atoms with Crippen molar-refractivity contribution in [3.05, 3.63) is 76.7 Å². The summed E-state index contributed by atoms with van der Waals surface area (Å²) in [6.07, 6.45) is 14.0. The second kappa shape index (κ2) is 15.3. The van der Waals surface area contributed by atoms with Crippen molar-refractivity contribution >= 4 is 23.5 Å². The van der Waals surface area contributed by atoms with E-state index in [2.05, 4.69) is 16.9 Å². The molecule has 2 aliphatic carbocycles. The normalized spacial score (nSPS) is 22.9. The van der Waals surface area contributed by atoms with Gasteiger partial charge in [-0.3, -0.25) is 9.59 Å². The molecule has 0 radical (unpaired) electrons. The number of hydrogen-bond donors (Lipinski definition) is 4. The van der Waals surface area contributed by atoms with Crippen LogP contribution in [0.1, 0.15) is 98.6 Å². The number of aromatic nitrogens is 2. The summed E-state index contributed by atoms with van der Waals surface area (Å²) < 4.78 is 5.57. The van der Waals surface area contributed by atoms with Crippen LogP contribution in [0.25, 0.3) is 6.08 Å². The van der Waals surface area contributed by atoms with Gasteiger partial charge in [0, 0.05) is 41.5 Å². The summed E-state index contributed by atoms with van der Waals surface area (Å²) >= 11 is 0. The molecule has 0 spiro atoms. The number of Topliss-reactive ketones (excluding diaryl/α,β-unsaturated/α-hetero) is 2. The predicted molar refractivity (Wildman–Crippen MR) is 181 cm³/mol. The molecule has 3 aromatic rings. The van der Waals surface area contributed by atoms with E-state index < -0.39 is 29.0 Å². The molecule has 9 heteroatoms. The first-order valence-electron chi connectivity index (χ1n) is 17.0. The minimum atomic E-state index is -1.65. The maximum absolute atomic E-state index is 13.0. The maximum Gasteiger partial charge on any atom is 0.170 e. The average Bonchev–Trinajstić information content (AvgIpc) is 3.60. The van der Waals surface area contributed by atoms with Crippen molar-refractivity contribution in [2.24, 2.45) is 17.3 Å². The van der Waals surface area contributed by atoms with Gasteiger partial charge in [-0.05, 0) is 60.8 Å². The average molecular weight is 643 g/mol. The van der Waals surface area contributed by atoms with Gasteiger partial charge in [0.1, 0.15) is 5.82 Å². The Balaban J connectivity index is 1.35. The number of aliphatic hydroxyl groups is 2. The Bertz CT molecular complexity index is 1570. The molecule has 0 saturated heterocycles. The van der Waals surface area contributed by atoms with E-state index in [1.165, 1.54) is 32.8 Å². The lowest BCUT2D eigenvalue weighted by atomic mass is 9.63. The molecule has 5 atom stereocenters. The molecule has 0 aliphatic heterocycles. The first-order chi connectivity index (χ1) is 22.7. The number of ketones is 2. The van der Waals surface area contributed by atoms with Crippen molar-refractivity contribution in [2.75, 3.05) is 19.5 Å². The van der Waals surface area contributed by atoms with E-state index >= 15 is 0 Å². The van der Waals surface area contributed by atoms with Crippen LogP contribution in [0.2, 0.25) is 0 Å². The smallest absolute Gasteiger partial charge is 0.170 e. The number of ether oxygens (including phenoxy) is 1. The summed E-state index contributed by atoms with van der Waals surface area (Å²) in [5.41, 5.74) is 8.83. The number of anilines is 1. The molecule has 2 aromatic heterocycles. The zero-order valence-corrected chi connectivity index (χ0v) is 27.5. The van der Waals surface area contributed by atoms with E-state index in [0.29, 0.717) is 47.2 Å². The first-order valence-corrected chi connectivity index (χ1v) is 17.0. The molecule has 0 bridgehead atoms. The molecule has 1 saturated carbocycles. The molecule has 5 N–H and O–H groups in total. The lowest BCUT2D eigenvalue weighted by molar-refractivity contribution is -0.138. The molecular formula is C38H48N3O6-. The zero-order valence-electron chi connectivity index (χ0n) is 27.5. The lowest BCUT2D eigenvalue weighted by Gasteiger charge is -2.42. The topological polar surface area (TPSA) is 157 Å². The van der Waals surface area contributed by atoms with Gasteiger partial charge in [-0.1, -0.05) is 69.4 Å². The number of aliphatic hydroxyl groups excluding tert-OH is 2. The first kappa shape index (κ1) is 34.4. The van der Waals surface area contributed by atoms with E-state index in [0.717, 1.165) is 24.1 Å². The number of methoxy groups -OCH3 is 1. The molecule has 1 aromatic carbocycles. The summed E-state index contributed by atoms with van der Waals surface area (Å²) in [4.78, 5) is 34.5. The van der Waals surface area contributed by atoms with Crippen molar-refractivity contribution in [1.82, 2.24) is 9.97 Å². The number of nitrogens with zero attached hydrogens (tertiary/aromatic N) is 2. The van der Waals surface area contributed by atoms with E-state index in [1.54, 1.807) is 24.5 Å². The molecule has 2 aliphatic rings. The number of nitrogen functional groups attached to an aromatic ring is 1. The number of carbonyl (C=O) groups excluding carboxylic acids is 2. The van der Waals surface area contributed by atoms with Crippen LogP contribution < -0.4 is 15.5 Å². The Labute approximate surface area is 277 Å². The summed E-state index contributed by atoms with van der Waals surface area (Å²) in [5.74, 6) is 0.275. The fraction of sp³-hybridized carbons (Fsp3) is 0.500. The Morgan fingerprint density at radius 2 is 1.89 bits per heavy atom. The summed E-state index contributed by atoms with van der Waals surface area (Å²) in [5, 5.41) is 33.1. The van der Waals surface area contributed by atoms with Crippen LogP contribution in [-0.4, -0.2) is 51.7 Å². The third kappa shape index (κ3) is 7.47. The third-order valence-electron chi connectivity index (χ3n) is 10.5. The van der Waals surface area contributed by atoms with Crippen molar-refractivity contribution in [1.29, 1.82) is 0 Å². The molecule has 252 valence electrons. The van der Waals surface area contributed by atoms with Crippen molar-refractivity contribution in [2.45, 2.75) is 89.6 Å². The highest BCUT2D eigenvalue weighted by Gasteiger charge is 2.43. The van der Waals surface area contributed by atoms with Gasteiger partial charge in [0.15, 0.2) is 29.2 Å². The van der Waals surface area contributed by atoms with Gasteiger partial charge < -0.3 is 30.8 Å². The van der Waals surface area contributed by atoms with Crippen LogP contribution in [-0.2, 0) is 22.4 Å². The van der Waals surface area contributed by atoms with E-state index in [1.807, 2.05) is 30.4 Å². The van der Waals surface area contributed by atoms with Crippen LogP contribution in [0.4, 0.5) is 5.82 Å². The van der Waals surface area contributed by atoms with Gasteiger partial charge in [-0.15, -0.1) is 0 Å². The maximum atomic E-state index is 13.0. The number of fused-ring (bicyclic) bond motifs is 1. The van der Waals surface area contributed by atoms with Gasteiger partial charge >= 0.3 is 0 Å².